The van der Waals surface area contributed by atoms with Crippen LogP contribution in [0.3, 0.4) is 0 Å². The second kappa shape index (κ2) is 4.22. The molecule has 0 unspecified atom stereocenters. The first-order valence-electron chi connectivity index (χ1n) is 5.23. The van der Waals surface area contributed by atoms with E-state index >= 15 is 0 Å². The van der Waals surface area contributed by atoms with Crippen LogP contribution >= 0.6 is 0 Å². The minimum Gasteiger partial charge on any atom is -0.317 e. The van der Waals surface area contributed by atoms with Gasteiger partial charge in [0.25, 0.3) is 10.1 Å². The Morgan fingerprint density at radius 1 is 1.17 bits per heavy atom. The topological polar surface area (TPSA) is 59.3 Å². The summed E-state index contributed by atoms with van der Waals surface area (Å²) in [7, 11) is -4.25. The van der Waals surface area contributed by atoms with Gasteiger partial charge in [0.05, 0.1) is 0 Å². The first-order chi connectivity index (χ1) is 8.30. The van der Waals surface area contributed by atoms with Crippen LogP contribution < -0.4 is 0 Å². The van der Waals surface area contributed by atoms with E-state index in [1.54, 1.807) is 30.5 Å². The van der Waals surface area contributed by atoms with E-state index in [0.717, 1.165) is 0 Å². The van der Waals surface area contributed by atoms with Crippen LogP contribution in [0.1, 0.15) is 11.4 Å². The van der Waals surface area contributed by atoms with Gasteiger partial charge in [-0.2, -0.15) is 8.42 Å². The van der Waals surface area contributed by atoms with Crippen molar-refractivity contribution in [3.8, 4) is 5.69 Å². The number of aromatic nitrogens is 1. The summed E-state index contributed by atoms with van der Waals surface area (Å²) in [5.41, 5.74) is 1.68. The van der Waals surface area contributed by atoms with E-state index in [2.05, 4.69) is 0 Å². The molecular formula is C12H12FNO3S. The van der Waals surface area contributed by atoms with Gasteiger partial charge in [-0.05, 0) is 44.2 Å². The average molecular weight is 269 g/mol. The van der Waals surface area contributed by atoms with Gasteiger partial charge < -0.3 is 4.57 Å². The van der Waals surface area contributed by atoms with E-state index < -0.39 is 10.1 Å². The van der Waals surface area contributed by atoms with Crippen LogP contribution in [0.2, 0.25) is 0 Å². The Hall–Kier alpha value is -1.66. The molecule has 0 atom stereocenters. The Labute approximate surface area is 104 Å². The van der Waals surface area contributed by atoms with Gasteiger partial charge in [-0.15, -0.1) is 0 Å². The van der Waals surface area contributed by atoms with E-state index in [4.69, 9.17) is 4.55 Å². The van der Waals surface area contributed by atoms with Crippen LogP contribution in [-0.4, -0.2) is 17.5 Å². The molecule has 0 aliphatic heterocycles. The number of aryl methyl sites for hydroxylation is 1. The first-order valence-corrected chi connectivity index (χ1v) is 6.67. The third-order valence-electron chi connectivity index (χ3n) is 2.75. The van der Waals surface area contributed by atoms with E-state index in [0.29, 0.717) is 17.1 Å². The predicted octanol–water partition coefficient (Wildman–Crippen LogP) is 2.48. The van der Waals surface area contributed by atoms with Crippen LogP contribution in [0, 0.1) is 19.7 Å². The van der Waals surface area contributed by atoms with E-state index in [1.165, 1.54) is 18.2 Å². The monoisotopic (exact) mass is 269 g/mol. The quantitative estimate of drug-likeness (QED) is 0.852. The fourth-order valence-electron chi connectivity index (χ4n) is 1.98. The van der Waals surface area contributed by atoms with Gasteiger partial charge in [-0.1, -0.05) is 0 Å². The van der Waals surface area contributed by atoms with Crippen LogP contribution in [-0.2, 0) is 10.1 Å². The van der Waals surface area contributed by atoms with Crippen LogP contribution in [0.25, 0.3) is 5.69 Å². The lowest BCUT2D eigenvalue weighted by molar-refractivity contribution is 0.482. The van der Waals surface area contributed by atoms with Crippen molar-refractivity contribution in [2.75, 3.05) is 0 Å². The number of nitrogens with zero attached hydrogens (tertiary/aromatic N) is 1. The Morgan fingerprint density at radius 3 is 2.17 bits per heavy atom. The molecule has 0 amide bonds. The normalized spacial score (nSPS) is 11.8. The van der Waals surface area contributed by atoms with Crippen molar-refractivity contribution in [3.05, 3.63) is 47.5 Å². The molecule has 0 saturated heterocycles. The van der Waals surface area contributed by atoms with Gasteiger partial charge in [0.15, 0.2) is 0 Å². The Bertz CT molecular complexity index is 687. The SMILES string of the molecule is Cc1cc(S(=O)(=O)O)c(C)n1-c1ccc(F)cc1. The molecule has 6 heteroatoms. The van der Waals surface area contributed by atoms with Gasteiger partial charge >= 0.3 is 0 Å². The largest absolute Gasteiger partial charge is 0.317 e. The smallest absolute Gasteiger partial charge is 0.296 e. The summed E-state index contributed by atoms with van der Waals surface area (Å²) in [6.45, 7) is 3.30. The summed E-state index contributed by atoms with van der Waals surface area (Å²) in [5, 5.41) is 0. The second-order valence-electron chi connectivity index (χ2n) is 4.02. The van der Waals surface area contributed by atoms with Gasteiger partial charge in [0, 0.05) is 17.1 Å². The van der Waals surface area contributed by atoms with Gasteiger partial charge in [0.1, 0.15) is 10.7 Å². The number of rotatable bonds is 2. The van der Waals surface area contributed by atoms with Crippen molar-refractivity contribution < 1.29 is 17.4 Å². The number of hydrogen-bond donors (Lipinski definition) is 1. The number of halogens is 1. The van der Waals surface area contributed by atoms with E-state index in [1.807, 2.05) is 0 Å². The molecule has 0 aliphatic rings. The Morgan fingerprint density at radius 2 is 1.72 bits per heavy atom. The molecule has 1 aromatic carbocycles. The number of hydrogen-bond acceptors (Lipinski definition) is 2. The van der Waals surface area contributed by atoms with Crippen molar-refractivity contribution in [2.45, 2.75) is 18.7 Å². The third-order valence-corrected chi connectivity index (χ3v) is 3.72. The van der Waals surface area contributed by atoms with Crippen molar-refractivity contribution in [1.82, 2.24) is 4.57 Å². The van der Waals surface area contributed by atoms with Crippen LogP contribution in [0.15, 0.2) is 35.2 Å². The minimum absolute atomic E-state index is 0.135. The van der Waals surface area contributed by atoms with Crippen molar-refractivity contribution in [2.24, 2.45) is 0 Å². The van der Waals surface area contributed by atoms with Gasteiger partial charge in [-0.25, -0.2) is 4.39 Å². The summed E-state index contributed by atoms with van der Waals surface area (Å²) in [4.78, 5) is -0.135. The standard InChI is InChI=1S/C12H12FNO3S/c1-8-7-12(18(15,16)17)9(2)14(8)11-5-3-10(13)4-6-11/h3-7H,1-2H3,(H,15,16,17). The highest BCUT2D eigenvalue weighted by atomic mass is 32.2. The fourth-order valence-corrected chi connectivity index (χ4v) is 2.77. The van der Waals surface area contributed by atoms with Crippen molar-refractivity contribution in [3.63, 3.8) is 0 Å². The maximum atomic E-state index is 12.9. The lowest BCUT2D eigenvalue weighted by Gasteiger charge is -2.09. The van der Waals surface area contributed by atoms with Gasteiger partial charge in [-0.3, -0.25) is 4.55 Å². The maximum Gasteiger partial charge on any atom is 0.296 e. The predicted molar refractivity (Wildman–Crippen MR) is 65.0 cm³/mol. The van der Waals surface area contributed by atoms with Gasteiger partial charge in [0.2, 0.25) is 0 Å². The molecule has 0 bridgehead atoms. The maximum absolute atomic E-state index is 12.9. The molecule has 96 valence electrons. The summed E-state index contributed by atoms with van der Waals surface area (Å²) in [6, 6.07) is 7.06. The molecule has 0 spiro atoms. The molecule has 18 heavy (non-hydrogen) atoms. The van der Waals surface area contributed by atoms with E-state index in [-0.39, 0.29) is 10.7 Å². The zero-order valence-electron chi connectivity index (χ0n) is 9.88. The molecule has 1 N–H and O–H groups in total. The highest BCUT2D eigenvalue weighted by molar-refractivity contribution is 7.85. The third kappa shape index (κ3) is 2.16. The molecule has 0 radical (unpaired) electrons. The lowest BCUT2D eigenvalue weighted by Crippen LogP contribution is -2.02. The molecule has 0 saturated carbocycles. The minimum atomic E-state index is -4.25. The molecular weight excluding hydrogens is 257 g/mol. The molecule has 0 aliphatic carbocycles. The highest BCUT2D eigenvalue weighted by Gasteiger charge is 2.19. The summed E-state index contributed by atoms with van der Waals surface area (Å²) in [5.74, 6) is -0.365. The molecule has 1 aromatic heterocycles. The van der Waals surface area contributed by atoms with Crippen LogP contribution in [0.5, 0.6) is 0 Å². The Kier molecular flexibility index (Phi) is 3.00. The second-order valence-corrected chi connectivity index (χ2v) is 5.41. The van der Waals surface area contributed by atoms with E-state index in [9.17, 15) is 12.8 Å². The summed E-state index contributed by atoms with van der Waals surface area (Å²) < 4.78 is 46.0. The van der Waals surface area contributed by atoms with Crippen molar-refractivity contribution >= 4 is 10.1 Å². The fraction of sp³-hybridized carbons (Fsp3) is 0.167. The molecule has 2 aromatic rings. The molecule has 4 nitrogen and oxygen atoms in total. The molecule has 2 rings (SSSR count). The first kappa shape index (κ1) is 12.8. The average Bonchev–Trinajstić information content (AvgIpc) is 2.56. The Balaban J connectivity index is 2.66. The highest BCUT2D eigenvalue weighted by Crippen LogP contribution is 2.24. The number of benzene rings is 1. The summed E-state index contributed by atoms with van der Waals surface area (Å²) in [6.07, 6.45) is 0. The van der Waals surface area contributed by atoms with Crippen molar-refractivity contribution in [1.29, 1.82) is 0 Å². The summed E-state index contributed by atoms with van der Waals surface area (Å²) >= 11 is 0. The molecule has 0 fully saturated rings. The lowest BCUT2D eigenvalue weighted by atomic mass is 10.3. The zero-order chi connectivity index (χ0) is 13.5. The van der Waals surface area contributed by atoms with Crippen LogP contribution in [0.4, 0.5) is 4.39 Å². The molecule has 1 heterocycles. The zero-order valence-corrected chi connectivity index (χ0v) is 10.7.